The van der Waals surface area contributed by atoms with Gasteiger partial charge < -0.3 is 14.2 Å². The molecule has 1 aliphatic heterocycles. The summed E-state index contributed by atoms with van der Waals surface area (Å²) in [5, 5.41) is -0.292. The van der Waals surface area contributed by atoms with Crippen LogP contribution < -0.4 is 9.47 Å². The van der Waals surface area contributed by atoms with Crippen LogP contribution in [0.4, 0.5) is 9.18 Å². The Balaban J connectivity index is 1.85. The van der Waals surface area contributed by atoms with Gasteiger partial charge in [-0.2, -0.15) is 0 Å². The maximum absolute atomic E-state index is 13.2. The molecule has 33 heavy (non-hydrogen) atoms. The molecule has 2 aromatic carbocycles. The fraction of sp³-hybridized carbons (Fsp3) is 0.280. The van der Waals surface area contributed by atoms with Crippen molar-refractivity contribution in [2.45, 2.75) is 19.4 Å². The Hall–Kier alpha value is -3.10. The number of halogens is 1. The highest BCUT2D eigenvalue weighted by molar-refractivity contribution is 8.18. The molecule has 0 aromatic heterocycles. The van der Waals surface area contributed by atoms with Crippen molar-refractivity contribution in [2.24, 2.45) is 0 Å². The maximum atomic E-state index is 13.2. The first kappa shape index (κ1) is 24.5. The Labute approximate surface area is 197 Å². The minimum absolute atomic E-state index is 0.237. The van der Waals surface area contributed by atoms with Crippen LogP contribution in [-0.4, -0.2) is 43.4 Å². The second-order valence-electron chi connectivity index (χ2n) is 7.30. The largest absolute Gasteiger partial charge is 0.493 e. The van der Waals surface area contributed by atoms with Crippen LogP contribution in [-0.2, 0) is 22.6 Å². The standard InChI is InChI=1S/C25H26FNO5S/c1-4-6-19-13-18(15-22-24(28)27(25(29)33-22)11-5-12-30-2)14-21(31-3)23(19)32-16-17-7-9-20(26)10-8-17/h4,7-10,13-15H,1,5-6,11-12,16H2,2-3H3/b22-15+. The van der Waals surface area contributed by atoms with E-state index in [1.807, 2.05) is 6.07 Å². The molecule has 174 valence electrons. The second kappa shape index (κ2) is 11.7. The molecule has 2 aromatic rings. The number of rotatable bonds is 11. The van der Waals surface area contributed by atoms with Crippen molar-refractivity contribution < 1.29 is 28.2 Å². The summed E-state index contributed by atoms with van der Waals surface area (Å²) in [6.07, 6.45) is 4.52. The number of nitrogens with zero attached hydrogens (tertiary/aromatic N) is 1. The van der Waals surface area contributed by atoms with E-state index in [1.165, 1.54) is 24.1 Å². The summed E-state index contributed by atoms with van der Waals surface area (Å²) in [6.45, 7) is 4.84. The molecule has 0 spiro atoms. The van der Waals surface area contributed by atoms with Crippen molar-refractivity contribution in [3.63, 3.8) is 0 Å². The van der Waals surface area contributed by atoms with Gasteiger partial charge >= 0.3 is 0 Å². The predicted molar refractivity (Wildman–Crippen MR) is 127 cm³/mol. The van der Waals surface area contributed by atoms with Gasteiger partial charge in [0.05, 0.1) is 12.0 Å². The summed E-state index contributed by atoms with van der Waals surface area (Å²) < 4.78 is 29.7. The van der Waals surface area contributed by atoms with E-state index >= 15 is 0 Å². The SMILES string of the molecule is C=CCc1cc(/C=C2/SC(=O)N(CCCOC)C2=O)cc(OC)c1OCc1ccc(F)cc1. The van der Waals surface area contributed by atoms with Crippen LogP contribution in [0, 0.1) is 5.82 Å². The van der Waals surface area contributed by atoms with Crippen LogP contribution in [0.15, 0.2) is 54.0 Å². The highest BCUT2D eigenvalue weighted by atomic mass is 32.2. The van der Waals surface area contributed by atoms with Gasteiger partial charge in [-0.3, -0.25) is 14.5 Å². The Morgan fingerprint density at radius 3 is 2.58 bits per heavy atom. The fourth-order valence-corrected chi connectivity index (χ4v) is 4.20. The van der Waals surface area contributed by atoms with Gasteiger partial charge in [0.2, 0.25) is 0 Å². The summed E-state index contributed by atoms with van der Waals surface area (Å²) >= 11 is 0.915. The number of hydrogen-bond donors (Lipinski definition) is 0. The Bertz CT molecular complexity index is 1050. The smallest absolute Gasteiger partial charge is 0.293 e. The van der Waals surface area contributed by atoms with Gasteiger partial charge in [-0.25, -0.2) is 4.39 Å². The van der Waals surface area contributed by atoms with Gasteiger partial charge in [0.15, 0.2) is 11.5 Å². The summed E-state index contributed by atoms with van der Waals surface area (Å²) in [4.78, 5) is 26.6. The van der Waals surface area contributed by atoms with Crippen LogP contribution >= 0.6 is 11.8 Å². The molecule has 2 amide bonds. The van der Waals surface area contributed by atoms with Crippen molar-refractivity contribution in [3.05, 3.63) is 76.5 Å². The topological polar surface area (TPSA) is 65.1 Å². The molecule has 0 N–H and O–H groups in total. The third-order valence-corrected chi connectivity index (χ3v) is 5.84. The van der Waals surface area contributed by atoms with Crippen LogP contribution in [0.3, 0.4) is 0 Å². The molecule has 1 heterocycles. The molecule has 8 heteroatoms. The first-order valence-electron chi connectivity index (χ1n) is 10.4. The molecule has 3 rings (SSSR count). The van der Waals surface area contributed by atoms with Crippen LogP contribution in [0.1, 0.15) is 23.1 Å². The molecular formula is C25H26FNO5S. The minimum Gasteiger partial charge on any atom is -0.493 e. The van der Waals surface area contributed by atoms with Gasteiger partial charge in [-0.1, -0.05) is 18.2 Å². The van der Waals surface area contributed by atoms with Crippen molar-refractivity contribution in [1.29, 1.82) is 0 Å². The monoisotopic (exact) mass is 471 g/mol. The van der Waals surface area contributed by atoms with Crippen molar-refractivity contribution in [1.82, 2.24) is 4.90 Å². The van der Waals surface area contributed by atoms with Gasteiger partial charge in [0.1, 0.15) is 12.4 Å². The fourth-order valence-electron chi connectivity index (χ4n) is 3.34. The molecule has 6 nitrogen and oxygen atoms in total. The number of allylic oxidation sites excluding steroid dienone is 1. The average Bonchev–Trinajstić information content (AvgIpc) is 3.06. The number of benzene rings is 2. The number of imide groups is 1. The molecular weight excluding hydrogens is 445 g/mol. The number of thioether (sulfide) groups is 1. The highest BCUT2D eigenvalue weighted by Gasteiger charge is 2.34. The van der Waals surface area contributed by atoms with Gasteiger partial charge in [0, 0.05) is 25.8 Å². The second-order valence-corrected chi connectivity index (χ2v) is 8.29. The molecule has 0 unspecified atom stereocenters. The Morgan fingerprint density at radius 1 is 1.15 bits per heavy atom. The summed E-state index contributed by atoms with van der Waals surface area (Å²) in [6, 6.07) is 9.71. The van der Waals surface area contributed by atoms with E-state index in [9.17, 15) is 14.0 Å². The third-order valence-electron chi connectivity index (χ3n) is 4.94. The van der Waals surface area contributed by atoms with Gasteiger partial charge in [-0.05, 0) is 66.1 Å². The summed E-state index contributed by atoms with van der Waals surface area (Å²) in [7, 11) is 3.11. The zero-order valence-electron chi connectivity index (χ0n) is 18.6. The van der Waals surface area contributed by atoms with E-state index in [4.69, 9.17) is 14.2 Å². The molecule has 1 saturated heterocycles. The van der Waals surface area contributed by atoms with E-state index in [1.54, 1.807) is 37.5 Å². The molecule has 1 aliphatic rings. The van der Waals surface area contributed by atoms with Crippen molar-refractivity contribution in [2.75, 3.05) is 27.4 Å². The highest BCUT2D eigenvalue weighted by Crippen LogP contribution is 2.37. The van der Waals surface area contributed by atoms with E-state index < -0.39 is 0 Å². The van der Waals surface area contributed by atoms with E-state index in [0.717, 1.165) is 22.9 Å². The zero-order valence-corrected chi connectivity index (χ0v) is 19.5. The van der Waals surface area contributed by atoms with E-state index in [2.05, 4.69) is 6.58 Å². The number of carbonyl (C=O) groups is 2. The van der Waals surface area contributed by atoms with Gasteiger partial charge in [-0.15, -0.1) is 6.58 Å². The molecule has 0 bridgehead atoms. The van der Waals surface area contributed by atoms with Gasteiger partial charge in [0.25, 0.3) is 11.1 Å². The molecule has 0 atom stereocenters. The maximum Gasteiger partial charge on any atom is 0.293 e. The number of methoxy groups -OCH3 is 2. The predicted octanol–water partition coefficient (Wildman–Crippen LogP) is 5.21. The lowest BCUT2D eigenvalue weighted by atomic mass is 10.0. The quantitative estimate of drug-likeness (QED) is 0.255. The van der Waals surface area contributed by atoms with Crippen LogP contribution in [0.25, 0.3) is 6.08 Å². The molecule has 0 aliphatic carbocycles. The Kier molecular flexibility index (Phi) is 8.68. The lowest BCUT2D eigenvalue weighted by Gasteiger charge is -2.16. The van der Waals surface area contributed by atoms with E-state index in [-0.39, 0.29) is 23.6 Å². The minimum atomic E-state index is -0.318. The third kappa shape index (κ3) is 6.24. The molecule has 1 fully saturated rings. The summed E-state index contributed by atoms with van der Waals surface area (Å²) in [5.74, 6) is 0.409. The van der Waals surface area contributed by atoms with Crippen LogP contribution in [0.2, 0.25) is 0 Å². The van der Waals surface area contributed by atoms with E-state index in [0.29, 0.717) is 48.0 Å². The number of amides is 2. The van der Waals surface area contributed by atoms with Crippen molar-refractivity contribution in [3.8, 4) is 11.5 Å². The number of carbonyl (C=O) groups excluding carboxylic acids is 2. The van der Waals surface area contributed by atoms with Crippen molar-refractivity contribution >= 4 is 29.0 Å². The summed E-state index contributed by atoms with van der Waals surface area (Å²) in [5.41, 5.74) is 2.34. The molecule has 0 radical (unpaired) electrons. The van der Waals surface area contributed by atoms with Crippen LogP contribution in [0.5, 0.6) is 11.5 Å². The number of ether oxygens (including phenoxy) is 3. The zero-order chi connectivity index (χ0) is 23.8. The number of hydrogen-bond acceptors (Lipinski definition) is 6. The molecule has 0 saturated carbocycles. The average molecular weight is 472 g/mol. The first-order valence-corrected chi connectivity index (χ1v) is 11.2. The Morgan fingerprint density at radius 2 is 1.91 bits per heavy atom. The lowest BCUT2D eigenvalue weighted by Crippen LogP contribution is -2.29. The first-order chi connectivity index (χ1) is 16.0. The normalized spacial score (nSPS) is 14.8. The lowest BCUT2D eigenvalue weighted by molar-refractivity contribution is -0.122.